The zero-order chi connectivity index (χ0) is 13.1. The molecule has 18 heavy (non-hydrogen) atoms. The van der Waals surface area contributed by atoms with Gasteiger partial charge in [-0.15, -0.1) is 0 Å². The van der Waals surface area contributed by atoms with Crippen LogP contribution in [0.1, 0.15) is 65.2 Å². The molecule has 1 N–H and O–H groups in total. The molecule has 0 unspecified atom stereocenters. The molecule has 1 aliphatic heterocycles. The molecule has 0 atom stereocenters. The van der Waals surface area contributed by atoms with E-state index < -0.39 is 0 Å². The van der Waals surface area contributed by atoms with E-state index in [9.17, 15) is 5.11 Å². The summed E-state index contributed by atoms with van der Waals surface area (Å²) in [6.45, 7) is 8.76. The van der Waals surface area contributed by atoms with E-state index in [1.807, 2.05) is 0 Å². The Morgan fingerprint density at radius 1 is 0.889 bits per heavy atom. The molecular formula is C16H31NO. The number of hydrogen-bond donors (Lipinski definition) is 1. The molecule has 2 heteroatoms. The van der Waals surface area contributed by atoms with Crippen LogP contribution < -0.4 is 0 Å². The predicted molar refractivity (Wildman–Crippen MR) is 76.7 cm³/mol. The summed E-state index contributed by atoms with van der Waals surface area (Å²) in [6.07, 6.45) is 10.5. The first kappa shape index (κ1) is 14.3. The molecule has 0 aromatic heterocycles. The van der Waals surface area contributed by atoms with Crippen LogP contribution in [0.4, 0.5) is 0 Å². The van der Waals surface area contributed by atoms with Crippen LogP contribution in [-0.4, -0.2) is 36.2 Å². The summed E-state index contributed by atoms with van der Waals surface area (Å²) in [7, 11) is 0. The van der Waals surface area contributed by atoms with Crippen molar-refractivity contribution in [3.05, 3.63) is 0 Å². The summed E-state index contributed by atoms with van der Waals surface area (Å²) in [5.41, 5.74) is 0.872. The van der Waals surface area contributed by atoms with Crippen molar-refractivity contribution in [2.45, 2.75) is 65.2 Å². The topological polar surface area (TPSA) is 23.5 Å². The van der Waals surface area contributed by atoms with Crippen LogP contribution in [0.25, 0.3) is 0 Å². The quantitative estimate of drug-likeness (QED) is 0.811. The molecular weight excluding hydrogens is 222 g/mol. The van der Waals surface area contributed by atoms with Crippen molar-refractivity contribution >= 4 is 0 Å². The first-order chi connectivity index (χ1) is 8.67. The van der Waals surface area contributed by atoms with E-state index in [2.05, 4.69) is 18.7 Å². The Hall–Kier alpha value is -0.0800. The van der Waals surface area contributed by atoms with Crippen LogP contribution in [0.5, 0.6) is 0 Å². The van der Waals surface area contributed by atoms with E-state index in [4.69, 9.17) is 0 Å². The minimum Gasteiger partial charge on any atom is -0.396 e. The molecule has 0 aromatic carbocycles. The Balaban J connectivity index is 1.86. The summed E-state index contributed by atoms with van der Waals surface area (Å²) in [4.78, 5) is 2.63. The fourth-order valence-corrected chi connectivity index (χ4v) is 4.11. The Labute approximate surface area is 113 Å². The van der Waals surface area contributed by atoms with Gasteiger partial charge in [-0.25, -0.2) is 0 Å². The summed E-state index contributed by atoms with van der Waals surface area (Å²) in [5, 5.41) is 9.72. The van der Waals surface area contributed by atoms with Crippen LogP contribution in [0.15, 0.2) is 0 Å². The lowest BCUT2D eigenvalue weighted by Gasteiger charge is -2.43. The number of nitrogens with zero attached hydrogens (tertiary/aromatic N) is 1. The molecule has 106 valence electrons. The molecule has 0 bridgehead atoms. The van der Waals surface area contributed by atoms with E-state index in [0.29, 0.717) is 12.0 Å². The van der Waals surface area contributed by atoms with Gasteiger partial charge in [0.25, 0.3) is 0 Å². The van der Waals surface area contributed by atoms with Crippen molar-refractivity contribution in [3.63, 3.8) is 0 Å². The SMILES string of the molecule is CCC1(CC)CCN(CC2(CO)CCCC2)CC1. The lowest BCUT2D eigenvalue weighted by molar-refractivity contribution is 0.0351. The number of aliphatic hydroxyl groups is 1. The van der Waals surface area contributed by atoms with Crippen molar-refractivity contribution in [2.75, 3.05) is 26.2 Å². The van der Waals surface area contributed by atoms with Crippen molar-refractivity contribution in [1.82, 2.24) is 4.90 Å². The van der Waals surface area contributed by atoms with Crippen LogP contribution in [0, 0.1) is 10.8 Å². The van der Waals surface area contributed by atoms with E-state index in [-0.39, 0.29) is 5.41 Å². The monoisotopic (exact) mass is 253 g/mol. The second-order valence-electron chi connectivity index (χ2n) is 6.85. The number of likely N-dealkylation sites (tertiary alicyclic amines) is 1. The Kier molecular flexibility index (Phi) is 4.71. The fraction of sp³-hybridized carbons (Fsp3) is 1.00. The molecule has 1 heterocycles. The maximum atomic E-state index is 9.72. The second-order valence-corrected chi connectivity index (χ2v) is 6.85. The number of aliphatic hydroxyl groups excluding tert-OH is 1. The van der Waals surface area contributed by atoms with Crippen LogP contribution in [-0.2, 0) is 0 Å². The number of piperidine rings is 1. The van der Waals surface area contributed by atoms with Gasteiger partial charge in [-0.3, -0.25) is 0 Å². The minimum absolute atomic E-state index is 0.248. The highest BCUT2D eigenvalue weighted by Crippen LogP contribution is 2.42. The summed E-state index contributed by atoms with van der Waals surface area (Å²) >= 11 is 0. The van der Waals surface area contributed by atoms with Gasteiger partial charge in [0.1, 0.15) is 0 Å². The Morgan fingerprint density at radius 3 is 1.89 bits per heavy atom. The van der Waals surface area contributed by atoms with Gasteiger partial charge in [0.2, 0.25) is 0 Å². The lowest BCUT2D eigenvalue weighted by Crippen LogP contribution is -2.45. The number of rotatable bonds is 5. The third-order valence-corrected chi connectivity index (χ3v) is 5.98. The Bertz CT molecular complexity index is 244. The molecule has 1 saturated heterocycles. The summed E-state index contributed by atoms with van der Waals surface area (Å²) in [5.74, 6) is 0. The molecule has 0 aromatic rings. The maximum Gasteiger partial charge on any atom is 0.0499 e. The lowest BCUT2D eigenvalue weighted by atomic mass is 9.73. The van der Waals surface area contributed by atoms with Crippen molar-refractivity contribution in [3.8, 4) is 0 Å². The Morgan fingerprint density at radius 2 is 1.44 bits per heavy atom. The van der Waals surface area contributed by atoms with Gasteiger partial charge in [0.15, 0.2) is 0 Å². The highest BCUT2D eigenvalue weighted by Gasteiger charge is 2.38. The van der Waals surface area contributed by atoms with Crippen molar-refractivity contribution in [2.24, 2.45) is 10.8 Å². The minimum atomic E-state index is 0.248. The van der Waals surface area contributed by atoms with Crippen LogP contribution in [0.2, 0.25) is 0 Å². The third kappa shape index (κ3) is 2.91. The van der Waals surface area contributed by atoms with Gasteiger partial charge in [0.05, 0.1) is 0 Å². The van der Waals surface area contributed by atoms with E-state index >= 15 is 0 Å². The van der Waals surface area contributed by atoms with Gasteiger partial charge in [0, 0.05) is 18.6 Å². The molecule has 2 aliphatic rings. The van der Waals surface area contributed by atoms with Crippen molar-refractivity contribution in [1.29, 1.82) is 0 Å². The highest BCUT2D eigenvalue weighted by molar-refractivity contribution is 4.90. The molecule has 2 rings (SSSR count). The maximum absolute atomic E-state index is 9.72. The number of hydrogen-bond acceptors (Lipinski definition) is 2. The van der Waals surface area contributed by atoms with E-state index in [0.717, 1.165) is 6.54 Å². The van der Waals surface area contributed by atoms with Gasteiger partial charge in [-0.05, 0) is 44.2 Å². The van der Waals surface area contributed by atoms with Gasteiger partial charge in [-0.2, -0.15) is 0 Å². The second kappa shape index (κ2) is 5.92. The zero-order valence-corrected chi connectivity index (χ0v) is 12.4. The summed E-state index contributed by atoms with van der Waals surface area (Å²) in [6, 6.07) is 0. The van der Waals surface area contributed by atoms with Gasteiger partial charge >= 0.3 is 0 Å². The summed E-state index contributed by atoms with van der Waals surface area (Å²) < 4.78 is 0. The third-order valence-electron chi connectivity index (χ3n) is 5.98. The van der Waals surface area contributed by atoms with E-state index in [1.54, 1.807) is 0 Å². The molecule has 0 spiro atoms. The molecule has 2 fully saturated rings. The zero-order valence-electron chi connectivity index (χ0n) is 12.4. The van der Waals surface area contributed by atoms with Crippen LogP contribution >= 0.6 is 0 Å². The highest BCUT2D eigenvalue weighted by atomic mass is 16.3. The smallest absolute Gasteiger partial charge is 0.0499 e. The van der Waals surface area contributed by atoms with Crippen molar-refractivity contribution < 1.29 is 5.11 Å². The van der Waals surface area contributed by atoms with Gasteiger partial charge in [-0.1, -0.05) is 39.5 Å². The molecule has 1 saturated carbocycles. The van der Waals surface area contributed by atoms with Gasteiger partial charge < -0.3 is 10.0 Å². The molecule has 0 radical (unpaired) electrons. The molecule has 1 aliphatic carbocycles. The predicted octanol–water partition coefficient (Wildman–Crippen LogP) is 3.44. The average molecular weight is 253 g/mol. The molecule has 2 nitrogen and oxygen atoms in total. The van der Waals surface area contributed by atoms with Crippen LogP contribution in [0.3, 0.4) is 0 Å². The standard InChI is InChI=1S/C16H31NO/c1-3-15(4-2)9-11-17(12-10-15)13-16(14-18)7-5-6-8-16/h18H,3-14H2,1-2H3. The van der Waals surface area contributed by atoms with E-state index in [1.165, 1.54) is 64.5 Å². The first-order valence-electron chi connectivity index (χ1n) is 8.01. The average Bonchev–Trinajstić information content (AvgIpc) is 2.89. The first-order valence-corrected chi connectivity index (χ1v) is 8.01. The normalized spacial score (nSPS) is 27.5. The fourth-order valence-electron chi connectivity index (χ4n) is 4.11. The molecule has 0 amide bonds. The largest absolute Gasteiger partial charge is 0.396 e.